The fourth-order valence-electron chi connectivity index (χ4n) is 3.46. The molecule has 3 rings (SSSR count). The van der Waals surface area contributed by atoms with Gasteiger partial charge in [0.1, 0.15) is 5.75 Å². The third-order valence-electron chi connectivity index (χ3n) is 5.01. The van der Waals surface area contributed by atoms with Gasteiger partial charge in [0, 0.05) is 37.4 Å². The molecule has 121 valence electrons. The van der Waals surface area contributed by atoms with E-state index in [0.29, 0.717) is 12.5 Å². The number of benzene rings is 1. The lowest BCUT2D eigenvalue weighted by Crippen LogP contribution is -2.46. The molecular formula is C20H24NO2. The van der Waals surface area contributed by atoms with Crippen molar-refractivity contribution in [1.29, 1.82) is 0 Å². The fraction of sp³-hybridized carbons (Fsp3) is 0.400. The number of hydrogen-bond acceptors (Lipinski definition) is 2. The van der Waals surface area contributed by atoms with Crippen molar-refractivity contribution in [1.82, 2.24) is 0 Å². The highest BCUT2D eigenvalue weighted by Gasteiger charge is 2.36. The zero-order valence-corrected chi connectivity index (χ0v) is 14.1. The van der Waals surface area contributed by atoms with Crippen LogP contribution < -0.4 is 9.64 Å². The van der Waals surface area contributed by atoms with Crippen LogP contribution in [0.1, 0.15) is 38.7 Å². The number of fused-ring (bicyclic) bond motifs is 1. The van der Waals surface area contributed by atoms with E-state index in [-0.39, 0.29) is 17.9 Å². The maximum absolute atomic E-state index is 12.1. The Hall–Kier alpha value is -2.03. The van der Waals surface area contributed by atoms with E-state index in [1.807, 2.05) is 23.1 Å². The van der Waals surface area contributed by atoms with Gasteiger partial charge in [-0.25, -0.2) is 0 Å². The Kier molecular flexibility index (Phi) is 4.29. The summed E-state index contributed by atoms with van der Waals surface area (Å²) >= 11 is 0. The number of anilines is 1. The molecule has 0 unspecified atom stereocenters. The van der Waals surface area contributed by atoms with Gasteiger partial charge in [0.15, 0.2) is 0 Å². The molecule has 1 radical (unpaired) electrons. The van der Waals surface area contributed by atoms with Gasteiger partial charge in [-0.15, -0.1) is 6.58 Å². The molecule has 1 aromatic rings. The van der Waals surface area contributed by atoms with Crippen LogP contribution in [-0.2, 0) is 4.79 Å². The second-order valence-corrected chi connectivity index (χ2v) is 6.48. The van der Waals surface area contributed by atoms with Gasteiger partial charge in [-0.2, -0.15) is 0 Å². The number of hydrogen-bond donors (Lipinski definition) is 0. The highest BCUT2D eigenvalue weighted by Crippen LogP contribution is 2.44. The maximum Gasteiger partial charge on any atom is 0.224 e. The number of carbonyl (C=O) groups excluding carboxylic acids is 1. The third-order valence-corrected chi connectivity index (χ3v) is 5.01. The van der Waals surface area contributed by atoms with Crippen molar-refractivity contribution >= 4 is 11.6 Å². The van der Waals surface area contributed by atoms with Gasteiger partial charge >= 0.3 is 0 Å². The van der Waals surface area contributed by atoms with Crippen molar-refractivity contribution in [3.8, 4) is 5.75 Å². The van der Waals surface area contributed by atoms with Gasteiger partial charge < -0.3 is 9.64 Å². The van der Waals surface area contributed by atoms with Crippen molar-refractivity contribution in [2.75, 3.05) is 11.5 Å². The van der Waals surface area contributed by atoms with Crippen LogP contribution in [0.15, 0.2) is 42.5 Å². The molecule has 0 bridgehead atoms. The summed E-state index contributed by atoms with van der Waals surface area (Å²) in [6, 6.07) is 6.20. The predicted octanol–water partition coefficient (Wildman–Crippen LogP) is 4.26. The van der Waals surface area contributed by atoms with Gasteiger partial charge in [0.2, 0.25) is 5.91 Å². The Labute approximate surface area is 138 Å². The summed E-state index contributed by atoms with van der Waals surface area (Å²) in [5, 5.41) is 0. The average molecular weight is 310 g/mol. The van der Waals surface area contributed by atoms with Crippen LogP contribution >= 0.6 is 0 Å². The van der Waals surface area contributed by atoms with Gasteiger partial charge in [0.25, 0.3) is 0 Å². The number of rotatable bonds is 5. The van der Waals surface area contributed by atoms with Crippen molar-refractivity contribution in [2.24, 2.45) is 5.92 Å². The zero-order valence-electron chi connectivity index (χ0n) is 14.1. The normalized spacial score (nSPS) is 25.4. The Balaban J connectivity index is 1.89. The maximum atomic E-state index is 12.1. The highest BCUT2D eigenvalue weighted by atomic mass is 16.5. The molecule has 3 nitrogen and oxygen atoms in total. The second-order valence-electron chi connectivity index (χ2n) is 6.48. The van der Waals surface area contributed by atoms with Crippen LogP contribution in [0.4, 0.5) is 5.69 Å². The molecule has 1 aliphatic carbocycles. The molecule has 23 heavy (non-hydrogen) atoms. The summed E-state index contributed by atoms with van der Waals surface area (Å²) in [5.74, 6) is 1.50. The first kappa shape index (κ1) is 15.9. The van der Waals surface area contributed by atoms with Crippen LogP contribution in [0.3, 0.4) is 0 Å². The lowest BCUT2D eigenvalue weighted by molar-refractivity contribution is -0.117. The standard InChI is InChI=1S/C20H24NO2/c1-5-18-13(2)14(3)21(15(4)22)20-9-8-17(12-19(18)20)23-11-10-16-6-7-16/h5-9,12-14,18H,1,10-11H2,2-4H3/t13-,14-,18+/m0/s1. The molecule has 2 aliphatic rings. The summed E-state index contributed by atoms with van der Waals surface area (Å²) in [6.45, 7) is 10.6. The molecule has 1 aliphatic heterocycles. The molecule has 1 amide bonds. The quantitative estimate of drug-likeness (QED) is 0.761. The minimum Gasteiger partial charge on any atom is -0.493 e. The number of amides is 1. The fourth-order valence-corrected chi connectivity index (χ4v) is 3.46. The van der Waals surface area contributed by atoms with E-state index in [0.717, 1.165) is 23.4 Å². The number of allylic oxidation sites excluding steroid dienone is 2. The number of carbonyl (C=O) groups is 1. The smallest absolute Gasteiger partial charge is 0.224 e. The molecule has 0 aromatic heterocycles. The molecule has 3 heteroatoms. The average Bonchev–Trinajstić information content (AvgIpc) is 3.33. The van der Waals surface area contributed by atoms with Gasteiger partial charge in [-0.05, 0) is 36.6 Å². The summed E-state index contributed by atoms with van der Waals surface area (Å²) in [5.41, 5.74) is 3.48. The van der Waals surface area contributed by atoms with E-state index < -0.39 is 0 Å². The Morgan fingerprint density at radius 1 is 1.39 bits per heavy atom. The molecule has 0 fully saturated rings. The Bertz CT molecular complexity index is 662. The summed E-state index contributed by atoms with van der Waals surface area (Å²) in [6.07, 6.45) is 7.16. The number of nitrogens with zero attached hydrogens (tertiary/aromatic N) is 1. The first-order valence-electron chi connectivity index (χ1n) is 8.26. The first-order valence-corrected chi connectivity index (χ1v) is 8.26. The zero-order chi connectivity index (χ0) is 16.6. The highest BCUT2D eigenvalue weighted by molar-refractivity contribution is 5.94. The topological polar surface area (TPSA) is 29.5 Å². The summed E-state index contributed by atoms with van der Waals surface area (Å²) in [7, 11) is 0. The molecule has 0 saturated heterocycles. The van der Waals surface area contributed by atoms with E-state index in [1.165, 1.54) is 5.57 Å². The molecule has 0 N–H and O–H groups in total. The van der Waals surface area contributed by atoms with E-state index >= 15 is 0 Å². The molecule has 1 aromatic carbocycles. The third kappa shape index (κ3) is 3.05. The Morgan fingerprint density at radius 3 is 2.74 bits per heavy atom. The molecule has 0 spiro atoms. The van der Waals surface area contributed by atoms with Crippen LogP contribution in [0.25, 0.3) is 0 Å². The van der Waals surface area contributed by atoms with E-state index in [4.69, 9.17) is 4.74 Å². The van der Waals surface area contributed by atoms with Crippen LogP contribution in [-0.4, -0.2) is 18.6 Å². The SMILES string of the molecule is C=C[C@H]1c2cc(OCCC3=C[CH]3)ccc2N(C(C)=O)[C@@H](C)[C@@H]1C. The Morgan fingerprint density at radius 2 is 2.13 bits per heavy atom. The summed E-state index contributed by atoms with van der Waals surface area (Å²) in [4.78, 5) is 14.0. The van der Waals surface area contributed by atoms with Gasteiger partial charge in [-0.3, -0.25) is 4.79 Å². The summed E-state index contributed by atoms with van der Waals surface area (Å²) < 4.78 is 5.87. The van der Waals surface area contributed by atoms with E-state index in [9.17, 15) is 4.79 Å². The van der Waals surface area contributed by atoms with Crippen molar-refractivity contribution in [3.05, 3.63) is 54.5 Å². The van der Waals surface area contributed by atoms with Crippen LogP contribution in [0.2, 0.25) is 0 Å². The minimum atomic E-state index is 0.0815. The van der Waals surface area contributed by atoms with Crippen LogP contribution in [0, 0.1) is 12.3 Å². The van der Waals surface area contributed by atoms with E-state index in [1.54, 1.807) is 6.92 Å². The lowest BCUT2D eigenvalue weighted by atomic mass is 9.78. The number of ether oxygens (including phenoxy) is 1. The lowest BCUT2D eigenvalue weighted by Gasteiger charge is -2.42. The molecular weight excluding hydrogens is 286 g/mol. The monoisotopic (exact) mass is 310 g/mol. The van der Waals surface area contributed by atoms with E-state index in [2.05, 4.69) is 39.0 Å². The molecule has 1 heterocycles. The minimum absolute atomic E-state index is 0.0815. The van der Waals surface area contributed by atoms with Gasteiger partial charge in [-0.1, -0.05) is 24.6 Å². The van der Waals surface area contributed by atoms with Crippen molar-refractivity contribution in [2.45, 2.75) is 39.2 Å². The van der Waals surface area contributed by atoms with Crippen LogP contribution in [0.5, 0.6) is 5.75 Å². The largest absolute Gasteiger partial charge is 0.493 e. The molecule has 3 atom stereocenters. The first-order chi connectivity index (χ1) is 11.0. The molecule has 0 saturated carbocycles. The van der Waals surface area contributed by atoms with Crippen molar-refractivity contribution < 1.29 is 9.53 Å². The predicted molar refractivity (Wildman–Crippen MR) is 93.7 cm³/mol. The second kappa shape index (κ2) is 6.23. The van der Waals surface area contributed by atoms with Crippen molar-refractivity contribution in [3.63, 3.8) is 0 Å². The van der Waals surface area contributed by atoms with Gasteiger partial charge in [0.05, 0.1) is 6.61 Å².